The molecule has 0 aliphatic carbocycles. The van der Waals surface area contributed by atoms with E-state index in [-0.39, 0.29) is 12.6 Å². The standard InChI is InChI=1S/C17H18N2O2/c1-12(13-6-4-3-5-7-13)19-16-9-8-14(21-2)10-15(16)18-17(19)11-20/h3-10,12,20H,11H2,1-2H3. The van der Waals surface area contributed by atoms with Crippen LogP contribution in [0.1, 0.15) is 24.4 Å². The molecule has 2 aromatic carbocycles. The molecule has 0 fully saturated rings. The van der Waals surface area contributed by atoms with Gasteiger partial charge in [0.05, 0.1) is 24.2 Å². The zero-order valence-electron chi connectivity index (χ0n) is 12.2. The number of aliphatic hydroxyl groups excluding tert-OH is 1. The molecule has 3 aromatic rings. The average molecular weight is 282 g/mol. The molecule has 21 heavy (non-hydrogen) atoms. The Morgan fingerprint density at radius 2 is 1.95 bits per heavy atom. The molecule has 0 bridgehead atoms. The number of ether oxygens (including phenoxy) is 1. The summed E-state index contributed by atoms with van der Waals surface area (Å²) in [5, 5.41) is 9.63. The summed E-state index contributed by atoms with van der Waals surface area (Å²) in [5.74, 6) is 1.43. The van der Waals surface area contributed by atoms with Gasteiger partial charge in [-0.25, -0.2) is 4.98 Å². The van der Waals surface area contributed by atoms with Crippen molar-refractivity contribution in [3.05, 3.63) is 59.9 Å². The highest BCUT2D eigenvalue weighted by molar-refractivity contribution is 5.78. The first-order valence-electron chi connectivity index (χ1n) is 6.95. The minimum atomic E-state index is -0.0891. The quantitative estimate of drug-likeness (QED) is 0.799. The SMILES string of the molecule is COc1ccc2c(c1)nc(CO)n2C(C)c1ccccc1. The van der Waals surface area contributed by atoms with Crippen LogP contribution in [0.15, 0.2) is 48.5 Å². The number of methoxy groups -OCH3 is 1. The molecule has 0 aliphatic heterocycles. The maximum atomic E-state index is 9.63. The van der Waals surface area contributed by atoms with Gasteiger partial charge >= 0.3 is 0 Å². The van der Waals surface area contributed by atoms with Crippen molar-refractivity contribution in [1.29, 1.82) is 0 Å². The predicted molar refractivity (Wildman–Crippen MR) is 82.5 cm³/mol. The summed E-state index contributed by atoms with van der Waals surface area (Å²) in [7, 11) is 1.64. The van der Waals surface area contributed by atoms with Gasteiger partial charge in [0.1, 0.15) is 18.2 Å². The fourth-order valence-corrected chi connectivity index (χ4v) is 2.68. The molecule has 4 heteroatoms. The molecule has 0 saturated heterocycles. The Balaban J connectivity index is 2.16. The number of imidazole rings is 1. The first kappa shape index (κ1) is 13.6. The average Bonchev–Trinajstić information content (AvgIpc) is 2.92. The molecule has 0 saturated carbocycles. The number of rotatable bonds is 4. The fourth-order valence-electron chi connectivity index (χ4n) is 2.68. The number of hydrogen-bond donors (Lipinski definition) is 1. The lowest BCUT2D eigenvalue weighted by Crippen LogP contribution is -2.10. The number of nitrogens with zero attached hydrogens (tertiary/aromatic N) is 2. The highest BCUT2D eigenvalue weighted by atomic mass is 16.5. The molecule has 1 heterocycles. The van der Waals surface area contributed by atoms with E-state index in [1.54, 1.807) is 7.11 Å². The van der Waals surface area contributed by atoms with Gasteiger partial charge in [0.15, 0.2) is 0 Å². The van der Waals surface area contributed by atoms with Gasteiger partial charge in [0.25, 0.3) is 0 Å². The van der Waals surface area contributed by atoms with Gasteiger partial charge in [-0.15, -0.1) is 0 Å². The lowest BCUT2D eigenvalue weighted by Gasteiger charge is -2.17. The molecule has 0 amide bonds. The molecule has 1 N–H and O–H groups in total. The number of aromatic nitrogens is 2. The van der Waals surface area contributed by atoms with Crippen molar-refractivity contribution in [2.75, 3.05) is 7.11 Å². The Bertz CT molecular complexity index is 750. The number of hydrogen-bond acceptors (Lipinski definition) is 3. The molecule has 3 rings (SSSR count). The largest absolute Gasteiger partial charge is 0.497 e. The van der Waals surface area contributed by atoms with E-state index < -0.39 is 0 Å². The molecule has 4 nitrogen and oxygen atoms in total. The topological polar surface area (TPSA) is 47.3 Å². The molecule has 1 atom stereocenters. The number of benzene rings is 2. The van der Waals surface area contributed by atoms with E-state index >= 15 is 0 Å². The minimum Gasteiger partial charge on any atom is -0.497 e. The van der Waals surface area contributed by atoms with Crippen LogP contribution in [0.25, 0.3) is 11.0 Å². The van der Waals surface area contributed by atoms with Gasteiger partial charge in [0.2, 0.25) is 0 Å². The predicted octanol–water partition coefficient (Wildman–Crippen LogP) is 3.15. The Morgan fingerprint density at radius 3 is 2.62 bits per heavy atom. The van der Waals surface area contributed by atoms with Gasteiger partial charge in [-0.3, -0.25) is 0 Å². The third-order valence-corrected chi connectivity index (χ3v) is 3.78. The van der Waals surface area contributed by atoms with Gasteiger partial charge in [-0.2, -0.15) is 0 Å². The van der Waals surface area contributed by atoms with Gasteiger partial charge in [-0.05, 0) is 24.6 Å². The second-order valence-electron chi connectivity index (χ2n) is 5.00. The van der Waals surface area contributed by atoms with Crippen molar-refractivity contribution in [2.24, 2.45) is 0 Å². The van der Waals surface area contributed by atoms with Crippen molar-refractivity contribution < 1.29 is 9.84 Å². The van der Waals surface area contributed by atoms with Crippen LogP contribution in [-0.4, -0.2) is 21.8 Å². The Morgan fingerprint density at radius 1 is 1.19 bits per heavy atom. The van der Waals surface area contributed by atoms with Gasteiger partial charge in [-0.1, -0.05) is 30.3 Å². The number of aliphatic hydroxyl groups is 1. The van der Waals surface area contributed by atoms with Crippen molar-refractivity contribution in [3.8, 4) is 5.75 Å². The van der Waals surface area contributed by atoms with Crippen LogP contribution in [0.3, 0.4) is 0 Å². The van der Waals surface area contributed by atoms with Crippen LogP contribution in [0.5, 0.6) is 5.75 Å². The first-order chi connectivity index (χ1) is 10.2. The Hall–Kier alpha value is -2.33. The van der Waals surface area contributed by atoms with Crippen LogP contribution >= 0.6 is 0 Å². The minimum absolute atomic E-state index is 0.0891. The summed E-state index contributed by atoms with van der Waals surface area (Å²) < 4.78 is 7.31. The zero-order chi connectivity index (χ0) is 14.8. The molecular weight excluding hydrogens is 264 g/mol. The molecule has 1 unspecified atom stereocenters. The second-order valence-corrected chi connectivity index (χ2v) is 5.00. The van der Waals surface area contributed by atoms with Crippen molar-refractivity contribution in [1.82, 2.24) is 9.55 Å². The Kier molecular flexibility index (Phi) is 3.62. The molecule has 0 aliphatic rings. The highest BCUT2D eigenvalue weighted by Gasteiger charge is 2.17. The molecule has 108 valence electrons. The number of fused-ring (bicyclic) bond motifs is 1. The van der Waals surface area contributed by atoms with Crippen molar-refractivity contribution in [2.45, 2.75) is 19.6 Å². The monoisotopic (exact) mass is 282 g/mol. The summed E-state index contributed by atoms with van der Waals surface area (Å²) >= 11 is 0. The van der Waals surface area contributed by atoms with Gasteiger partial charge in [0, 0.05) is 6.07 Å². The molecule has 0 spiro atoms. The third-order valence-electron chi connectivity index (χ3n) is 3.78. The summed E-state index contributed by atoms with van der Waals surface area (Å²) in [6, 6.07) is 16.1. The van der Waals surface area contributed by atoms with E-state index in [0.717, 1.165) is 16.8 Å². The first-order valence-corrected chi connectivity index (χ1v) is 6.95. The van der Waals surface area contributed by atoms with Crippen molar-refractivity contribution >= 4 is 11.0 Å². The molecular formula is C17H18N2O2. The summed E-state index contributed by atoms with van der Waals surface area (Å²) in [6.45, 7) is 2.02. The zero-order valence-corrected chi connectivity index (χ0v) is 12.2. The third kappa shape index (κ3) is 2.38. The Labute approximate surface area is 123 Å². The smallest absolute Gasteiger partial charge is 0.136 e. The summed E-state index contributed by atoms with van der Waals surface area (Å²) in [6.07, 6.45) is 0. The van der Waals surface area contributed by atoms with E-state index in [0.29, 0.717) is 5.82 Å². The van der Waals surface area contributed by atoms with E-state index in [9.17, 15) is 5.11 Å². The van der Waals surface area contributed by atoms with Crippen LogP contribution in [-0.2, 0) is 6.61 Å². The lowest BCUT2D eigenvalue weighted by molar-refractivity contribution is 0.264. The summed E-state index contributed by atoms with van der Waals surface area (Å²) in [4.78, 5) is 4.52. The lowest BCUT2D eigenvalue weighted by atomic mass is 10.1. The van der Waals surface area contributed by atoms with E-state index in [1.807, 2.05) is 36.4 Å². The van der Waals surface area contributed by atoms with Crippen LogP contribution in [0.4, 0.5) is 0 Å². The molecule has 1 aromatic heterocycles. The highest BCUT2D eigenvalue weighted by Crippen LogP contribution is 2.28. The van der Waals surface area contributed by atoms with Gasteiger partial charge < -0.3 is 14.4 Å². The van der Waals surface area contributed by atoms with E-state index in [4.69, 9.17) is 4.74 Å². The van der Waals surface area contributed by atoms with E-state index in [1.165, 1.54) is 5.56 Å². The maximum absolute atomic E-state index is 9.63. The van der Waals surface area contributed by atoms with Crippen molar-refractivity contribution in [3.63, 3.8) is 0 Å². The normalized spacial score (nSPS) is 12.5. The fraction of sp³-hybridized carbons (Fsp3) is 0.235. The van der Waals surface area contributed by atoms with Crippen LogP contribution < -0.4 is 4.74 Å². The summed E-state index contributed by atoms with van der Waals surface area (Å²) in [5.41, 5.74) is 3.01. The maximum Gasteiger partial charge on any atom is 0.136 e. The van der Waals surface area contributed by atoms with Crippen LogP contribution in [0, 0.1) is 0 Å². The molecule has 0 radical (unpaired) electrons. The second kappa shape index (κ2) is 5.58. The van der Waals surface area contributed by atoms with Crippen LogP contribution in [0.2, 0.25) is 0 Å². The van der Waals surface area contributed by atoms with E-state index in [2.05, 4.69) is 28.6 Å².